The molecule has 0 saturated carbocycles. The molecular weight excluding hydrogens is 262 g/mol. The summed E-state index contributed by atoms with van der Waals surface area (Å²) in [6.07, 6.45) is 1.33. The highest BCUT2D eigenvalue weighted by Gasteiger charge is 2.34. The van der Waals surface area contributed by atoms with E-state index in [0.717, 1.165) is 23.1 Å². The highest BCUT2D eigenvalue weighted by atomic mass is 16.3. The highest BCUT2D eigenvalue weighted by Crippen LogP contribution is 2.34. The average molecular weight is 281 g/mol. The highest BCUT2D eigenvalue weighted by molar-refractivity contribution is 5.73. The van der Waals surface area contributed by atoms with Crippen molar-refractivity contribution in [3.8, 4) is 0 Å². The molecule has 0 aliphatic heterocycles. The van der Waals surface area contributed by atoms with Crippen molar-refractivity contribution in [1.29, 1.82) is 0 Å². The summed E-state index contributed by atoms with van der Waals surface area (Å²) in [5, 5.41) is 14.0. The maximum Gasteiger partial charge on any atom is 0.216 e. The van der Waals surface area contributed by atoms with Gasteiger partial charge in [0.25, 0.3) is 0 Å². The topological polar surface area (TPSA) is 49.3 Å². The van der Waals surface area contributed by atoms with Crippen LogP contribution in [0.3, 0.4) is 0 Å². The first-order valence-electron chi connectivity index (χ1n) is 7.20. The molecule has 2 aromatic rings. The van der Waals surface area contributed by atoms with E-state index in [1.807, 2.05) is 30.3 Å². The quantitative estimate of drug-likeness (QED) is 0.886. The molecule has 0 bridgehead atoms. The van der Waals surface area contributed by atoms with Crippen molar-refractivity contribution < 1.29 is 9.90 Å². The third-order valence-corrected chi connectivity index (χ3v) is 4.13. The van der Waals surface area contributed by atoms with Crippen LogP contribution in [0.2, 0.25) is 0 Å². The van der Waals surface area contributed by atoms with Crippen LogP contribution >= 0.6 is 0 Å². The zero-order chi connectivity index (χ0) is 14.9. The second-order valence-corrected chi connectivity index (χ2v) is 5.72. The summed E-state index contributed by atoms with van der Waals surface area (Å²) < 4.78 is 0. The molecule has 108 valence electrons. The molecule has 2 aromatic carbocycles. The molecule has 0 radical (unpaired) electrons. The molecule has 2 N–H and O–H groups in total. The molecule has 3 rings (SSSR count). The summed E-state index contributed by atoms with van der Waals surface area (Å²) in [4.78, 5) is 11.2. The van der Waals surface area contributed by atoms with Crippen LogP contribution in [0.25, 0.3) is 0 Å². The largest absolute Gasteiger partial charge is 0.383 e. The Morgan fingerprint density at radius 2 is 1.71 bits per heavy atom. The first-order valence-corrected chi connectivity index (χ1v) is 7.20. The molecule has 0 saturated heterocycles. The standard InChI is InChI=1S/C18H19NO2/c1-13(20)19-12-18(21)11-16-8-3-2-6-14(16)10-15-7-4-5-9-17(15)18/h2-9,21H,10-12H2,1H3,(H,19,20). The van der Waals surface area contributed by atoms with Crippen LogP contribution in [-0.4, -0.2) is 17.6 Å². The summed E-state index contributed by atoms with van der Waals surface area (Å²) in [5.41, 5.74) is 3.35. The van der Waals surface area contributed by atoms with Gasteiger partial charge in [0, 0.05) is 13.3 Å². The van der Waals surface area contributed by atoms with Crippen LogP contribution in [0.1, 0.15) is 29.2 Å². The third-order valence-electron chi connectivity index (χ3n) is 4.13. The van der Waals surface area contributed by atoms with Gasteiger partial charge in [-0.1, -0.05) is 48.5 Å². The lowest BCUT2D eigenvalue weighted by molar-refractivity contribution is -0.120. The van der Waals surface area contributed by atoms with Gasteiger partial charge in [-0.3, -0.25) is 4.79 Å². The van der Waals surface area contributed by atoms with Gasteiger partial charge < -0.3 is 10.4 Å². The number of amides is 1. The number of fused-ring (bicyclic) bond motifs is 2. The minimum Gasteiger partial charge on any atom is -0.383 e. The molecule has 0 spiro atoms. The molecule has 1 aliphatic rings. The Kier molecular flexibility index (Phi) is 3.52. The number of carbonyl (C=O) groups excluding carboxylic acids is 1. The first-order chi connectivity index (χ1) is 10.1. The Bertz CT molecular complexity index is 680. The zero-order valence-electron chi connectivity index (χ0n) is 12.1. The van der Waals surface area contributed by atoms with Gasteiger partial charge in [-0.15, -0.1) is 0 Å². The molecule has 1 aliphatic carbocycles. The summed E-state index contributed by atoms with van der Waals surface area (Å²) >= 11 is 0. The Balaban J connectivity index is 2.08. The van der Waals surface area contributed by atoms with E-state index in [2.05, 4.69) is 23.5 Å². The molecule has 3 nitrogen and oxygen atoms in total. The lowest BCUT2D eigenvalue weighted by atomic mass is 9.86. The van der Waals surface area contributed by atoms with E-state index >= 15 is 0 Å². The number of rotatable bonds is 2. The minimum atomic E-state index is -1.06. The second-order valence-electron chi connectivity index (χ2n) is 5.72. The molecule has 1 amide bonds. The lowest BCUT2D eigenvalue weighted by Gasteiger charge is -2.29. The summed E-state index contributed by atoms with van der Waals surface area (Å²) in [5.74, 6) is -0.126. The molecule has 0 fully saturated rings. The Labute approximate surface area is 124 Å². The lowest BCUT2D eigenvalue weighted by Crippen LogP contribution is -2.41. The molecule has 21 heavy (non-hydrogen) atoms. The van der Waals surface area contributed by atoms with E-state index < -0.39 is 5.60 Å². The van der Waals surface area contributed by atoms with Gasteiger partial charge >= 0.3 is 0 Å². The third kappa shape index (κ3) is 2.69. The van der Waals surface area contributed by atoms with Gasteiger partial charge in [-0.25, -0.2) is 0 Å². The summed E-state index contributed by atoms with van der Waals surface area (Å²) in [6.45, 7) is 1.70. The SMILES string of the molecule is CC(=O)NCC1(O)Cc2ccccc2Cc2ccccc21. The van der Waals surface area contributed by atoms with E-state index in [1.165, 1.54) is 12.5 Å². The Hall–Kier alpha value is -2.13. The minimum absolute atomic E-state index is 0.126. The average Bonchev–Trinajstić information content (AvgIpc) is 2.60. The van der Waals surface area contributed by atoms with Crippen LogP contribution < -0.4 is 5.32 Å². The number of aliphatic hydroxyl groups is 1. The smallest absolute Gasteiger partial charge is 0.216 e. The van der Waals surface area contributed by atoms with E-state index in [0.29, 0.717) is 6.42 Å². The number of hydrogen-bond acceptors (Lipinski definition) is 2. The van der Waals surface area contributed by atoms with Crippen LogP contribution in [0.5, 0.6) is 0 Å². The van der Waals surface area contributed by atoms with E-state index in [-0.39, 0.29) is 12.5 Å². The normalized spacial score (nSPS) is 20.1. The predicted octanol–water partition coefficient (Wildman–Crippen LogP) is 2.16. The van der Waals surface area contributed by atoms with Crippen molar-refractivity contribution in [2.45, 2.75) is 25.4 Å². The van der Waals surface area contributed by atoms with Crippen molar-refractivity contribution in [3.63, 3.8) is 0 Å². The van der Waals surface area contributed by atoms with Gasteiger partial charge in [-0.2, -0.15) is 0 Å². The number of carbonyl (C=O) groups is 1. The van der Waals surface area contributed by atoms with Gasteiger partial charge in [0.05, 0.1) is 6.54 Å². The fourth-order valence-corrected chi connectivity index (χ4v) is 3.07. The molecule has 0 heterocycles. The van der Waals surface area contributed by atoms with Gasteiger partial charge in [0.1, 0.15) is 5.60 Å². The fraction of sp³-hybridized carbons (Fsp3) is 0.278. The monoisotopic (exact) mass is 281 g/mol. The maximum atomic E-state index is 11.2. The number of benzene rings is 2. The van der Waals surface area contributed by atoms with Crippen LogP contribution in [0, 0.1) is 0 Å². The maximum absolute atomic E-state index is 11.2. The molecule has 1 atom stereocenters. The van der Waals surface area contributed by atoms with E-state index in [1.54, 1.807) is 0 Å². The van der Waals surface area contributed by atoms with Crippen molar-refractivity contribution in [2.24, 2.45) is 0 Å². The molecule has 1 unspecified atom stereocenters. The van der Waals surface area contributed by atoms with Crippen molar-refractivity contribution >= 4 is 5.91 Å². The Morgan fingerprint density at radius 3 is 2.43 bits per heavy atom. The fourth-order valence-electron chi connectivity index (χ4n) is 3.07. The molecular formula is C18H19NO2. The first kappa shape index (κ1) is 13.8. The molecule has 3 heteroatoms. The predicted molar refractivity (Wildman–Crippen MR) is 82.0 cm³/mol. The Morgan fingerprint density at radius 1 is 1.10 bits per heavy atom. The summed E-state index contributed by atoms with van der Waals surface area (Å²) in [6, 6.07) is 16.1. The summed E-state index contributed by atoms with van der Waals surface area (Å²) in [7, 11) is 0. The van der Waals surface area contributed by atoms with Crippen molar-refractivity contribution in [3.05, 3.63) is 70.8 Å². The van der Waals surface area contributed by atoms with Gasteiger partial charge in [-0.05, 0) is 28.7 Å². The van der Waals surface area contributed by atoms with Gasteiger partial charge in [0.15, 0.2) is 0 Å². The van der Waals surface area contributed by atoms with Crippen LogP contribution in [0.15, 0.2) is 48.5 Å². The van der Waals surface area contributed by atoms with Gasteiger partial charge in [0.2, 0.25) is 5.91 Å². The van der Waals surface area contributed by atoms with E-state index in [4.69, 9.17) is 0 Å². The number of hydrogen-bond donors (Lipinski definition) is 2. The molecule has 0 aromatic heterocycles. The zero-order valence-corrected chi connectivity index (χ0v) is 12.1. The van der Waals surface area contributed by atoms with Crippen LogP contribution in [-0.2, 0) is 23.2 Å². The van der Waals surface area contributed by atoms with Crippen molar-refractivity contribution in [1.82, 2.24) is 5.32 Å². The second kappa shape index (κ2) is 5.34. The van der Waals surface area contributed by atoms with E-state index in [9.17, 15) is 9.90 Å². The van der Waals surface area contributed by atoms with Crippen molar-refractivity contribution in [2.75, 3.05) is 6.54 Å². The number of nitrogens with one attached hydrogen (secondary N) is 1. The van der Waals surface area contributed by atoms with Crippen LogP contribution in [0.4, 0.5) is 0 Å².